The van der Waals surface area contributed by atoms with Crippen LogP contribution < -0.4 is 5.32 Å². The van der Waals surface area contributed by atoms with Crippen LogP contribution >= 0.6 is 0 Å². The molecule has 1 atom stereocenters. The summed E-state index contributed by atoms with van der Waals surface area (Å²) in [6.45, 7) is 2.24. The molecule has 1 aromatic rings. The second kappa shape index (κ2) is 5.01. The van der Waals surface area contributed by atoms with Gasteiger partial charge in [-0.25, -0.2) is 4.79 Å². The zero-order chi connectivity index (χ0) is 11.4. The fraction of sp³-hybridized carbons (Fsp3) is 0.462. The number of carbonyl (C=O) groups excluding carboxylic acids is 1. The van der Waals surface area contributed by atoms with Crippen LogP contribution in [0.15, 0.2) is 24.3 Å². The SMILES string of the molecule is CCOC(=O)NC1CCc2ccccc2C1. The molecule has 0 saturated carbocycles. The second-order valence-electron chi connectivity index (χ2n) is 4.07. The van der Waals surface area contributed by atoms with E-state index in [0.29, 0.717) is 6.61 Å². The molecule has 1 amide bonds. The van der Waals surface area contributed by atoms with Crippen LogP contribution in [0.2, 0.25) is 0 Å². The minimum Gasteiger partial charge on any atom is -0.450 e. The molecule has 0 heterocycles. The summed E-state index contributed by atoms with van der Waals surface area (Å²) < 4.78 is 4.88. The van der Waals surface area contributed by atoms with E-state index in [0.717, 1.165) is 19.3 Å². The highest BCUT2D eigenvalue weighted by atomic mass is 16.5. The van der Waals surface area contributed by atoms with Gasteiger partial charge < -0.3 is 10.1 Å². The van der Waals surface area contributed by atoms with E-state index < -0.39 is 0 Å². The van der Waals surface area contributed by atoms with Crippen molar-refractivity contribution in [2.24, 2.45) is 0 Å². The summed E-state index contributed by atoms with van der Waals surface area (Å²) in [5.41, 5.74) is 2.75. The van der Waals surface area contributed by atoms with Gasteiger partial charge in [0.05, 0.1) is 6.61 Å². The molecule has 3 nitrogen and oxygen atoms in total. The van der Waals surface area contributed by atoms with Gasteiger partial charge >= 0.3 is 6.09 Å². The Hall–Kier alpha value is -1.51. The molecule has 3 heteroatoms. The maximum absolute atomic E-state index is 11.3. The Bertz CT molecular complexity index is 376. The number of aryl methyl sites for hydroxylation is 1. The Kier molecular flexibility index (Phi) is 3.44. The third-order valence-corrected chi connectivity index (χ3v) is 2.94. The maximum atomic E-state index is 11.3. The number of hydrogen-bond acceptors (Lipinski definition) is 2. The van der Waals surface area contributed by atoms with Gasteiger partial charge in [-0.05, 0) is 37.3 Å². The van der Waals surface area contributed by atoms with Crippen molar-refractivity contribution in [3.05, 3.63) is 35.4 Å². The van der Waals surface area contributed by atoms with Gasteiger partial charge in [-0.2, -0.15) is 0 Å². The van der Waals surface area contributed by atoms with E-state index in [4.69, 9.17) is 4.74 Å². The van der Waals surface area contributed by atoms with Crippen molar-refractivity contribution in [1.29, 1.82) is 0 Å². The first-order valence-electron chi connectivity index (χ1n) is 5.79. The van der Waals surface area contributed by atoms with Gasteiger partial charge in [0, 0.05) is 6.04 Å². The number of alkyl carbamates (subject to hydrolysis) is 1. The summed E-state index contributed by atoms with van der Waals surface area (Å²) in [6.07, 6.45) is 2.64. The van der Waals surface area contributed by atoms with E-state index in [-0.39, 0.29) is 12.1 Å². The van der Waals surface area contributed by atoms with Crippen molar-refractivity contribution in [2.75, 3.05) is 6.61 Å². The Morgan fingerprint density at radius 3 is 2.94 bits per heavy atom. The summed E-state index contributed by atoms with van der Waals surface area (Å²) in [6, 6.07) is 8.63. The lowest BCUT2D eigenvalue weighted by Crippen LogP contribution is -2.39. The number of benzene rings is 1. The van der Waals surface area contributed by atoms with Gasteiger partial charge in [-0.1, -0.05) is 24.3 Å². The Morgan fingerprint density at radius 1 is 1.44 bits per heavy atom. The van der Waals surface area contributed by atoms with Crippen molar-refractivity contribution in [3.63, 3.8) is 0 Å². The lowest BCUT2D eigenvalue weighted by Gasteiger charge is -2.24. The largest absolute Gasteiger partial charge is 0.450 e. The van der Waals surface area contributed by atoms with Crippen LogP contribution in [0.5, 0.6) is 0 Å². The molecule has 0 aliphatic heterocycles. The van der Waals surface area contributed by atoms with Crippen molar-refractivity contribution >= 4 is 6.09 Å². The molecular weight excluding hydrogens is 202 g/mol. The fourth-order valence-corrected chi connectivity index (χ4v) is 2.16. The summed E-state index contributed by atoms with van der Waals surface area (Å²) in [7, 11) is 0. The molecule has 0 spiro atoms. The first kappa shape index (κ1) is 11.0. The zero-order valence-electron chi connectivity index (χ0n) is 9.53. The molecule has 1 aromatic carbocycles. The van der Waals surface area contributed by atoms with E-state index in [2.05, 4.69) is 23.5 Å². The molecular formula is C13H17NO2. The normalized spacial score (nSPS) is 18.7. The Morgan fingerprint density at radius 2 is 2.19 bits per heavy atom. The lowest BCUT2D eigenvalue weighted by atomic mass is 9.88. The second-order valence-corrected chi connectivity index (χ2v) is 4.07. The topological polar surface area (TPSA) is 38.3 Å². The highest BCUT2D eigenvalue weighted by Gasteiger charge is 2.19. The Labute approximate surface area is 95.8 Å². The third kappa shape index (κ3) is 2.54. The quantitative estimate of drug-likeness (QED) is 0.828. The molecule has 0 fully saturated rings. The average Bonchev–Trinajstić information content (AvgIpc) is 2.29. The summed E-state index contributed by atoms with van der Waals surface area (Å²) in [5.74, 6) is 0. The van der Waals surface area contributed by atoms with Crippen LogP contribution in [-0.2, 0) is 17.6 Å². The standard InChI is InChI=1S/C13H17NO2/c1-2-16-13(15)14-12-8-7-10-5-3-4-6-11(10)9-12/h3-6,12H,2,7-9H2,1H3,(H,14,15). The van der Waals surface area contributed by atoms with Crippen LogP contribution in [0.4, 0.5) is 4.79 Å². The smallest absolute Gasteiger partial charge is 0.407 e. The van der Waals surface area contributed by atoms with Gasteiger partial charge in [0.2, 0.25) is 0 Å². The Balaban J connectivity index is 1.95. The van der Waals surface area contributed by atoms with Gasteiger partial charge in [-0.3, -0.25) is 0 Å². The number of hydrogen-bond donors (Lipinski definition) is 1. The van der Waals surface area contributed by atoms with Gasteiger partial charge in [0.1, 0.15) is 0 Å². The minimum atomic E-state index is -0.299. The first-order chi connectivity index (χ1) is 7.79. The molecule has 1 unspecified atom stereocenters. The van der Waals surface area contributed by atoms with E-state index in [1.54, 1.807) is 0 Å². The predicted molar refractivity (Wildman–Crippen MR) is 62.4 cm³/mol. The van der Waals surface area contributed by atoms with E-state index >= 15 is 0 Å². The third-order valence-electron chi connectivity index (χ3n) is 2.94. The van der Waals surface area contributed by atoms with Crippen LogP contribution in [0, 0.1) is 0 Å². The van der Waals surface area contributed by atoms with Crippen LogP contribution in [-0.4, -0.2) is 18.7 Å². The first-order valence-corrected chi connectivity index (χ1v) is 5.79. The van der Waals surface area contributed by atoms with Gasteiger partial charge in [0.15, 0.2) is 0 Å². The molecule has 1 aliphatic carbocycles. The number of ether oxygens (including phenoxy) is 1. The summed E-state index contributed by atoms with van der Waals surface area (Å²) >= 11 is 0. The monoisotopic (exact) mass is 219 g/mol. The summed E-state index contributed by atoms with van der Waals surface area (Å²) in [4.78, 5) is 11.3. The number of rotatable bonds is 2. The van der Waals surface area contributed by atoms with E-state index in [9.17, 15) is 4.79 Å². The number of fused-ring (bicyclic) bond motifs is 1. The lowest BCUT2D eigenvalue weighted by molar-refractivity contribution is 0.147. The molecule has 0 saturated heterocycles. The number of carbonyl (C=O) groups is 1. The highest BCUT2D eigenvalue weighted by Crippen LogP contribution is 2.20. The zero-order valence-corrected chi connectivity index (χ0v) is 9.53. The average molecular weight is 219 g/mol. The predicted octanol–water partition coefficient (Wildman–Crippen LogP) is 2.29. The fourth-order valence-electron chi connectivity index (χ4n) is 2.16. The van der Waals surface area contributed by atoms with Crippen LogP contribution in [0.25, 0.3) is 0 Å². The van der Waals surface area contributed by atoms with Crippen molar-refractivity contribution in [3.8, 4) is 0 Å². The molecule has 86 valence electrons. The molecule has 2 rings (SSSR count). The molecule has 0 bridgehead atoms. The number of nitrogens with one attached hydrogen (secondary N) is 1. The summed E-state index contributed by atoms with van der Waals surface area (Å²) in [5, 5.41) is 2.90. The van der Waals surface area contributed by atoms with E-state index in [1.165, 1.54) is 11.1 Å². The van der Waals surface area contributed by atoms with Crippen molar-refractivity contribution in [1.82, 2.24) is 5.32 Å². The van der Waals surface area contributed by atoms with Gasteiger partial charge in [-0.15, -0.1) is 0 Å². The molecule has 0 aromatic heterocycles. The van der Waals surface area contributed by atoms with Crippen LogP contribution in [0.3, 0.4) is 0 Å². The molecule has 0 radical (unpaired) electrons. The van der Waals surface area contributed by atoms with Crippen LogP contribution in [0.1, 0.15) is 24.5 Å². The maximum Gasteiger partial charge on any atom is 0.407 e. The molecule has 1 aliphatic rings. The minimum absolute atomic E-state index is 0.217. The van der Waals surface area contributed by atoms with Gasteiger partial charge in [0.25, 0.3) is 0 Å². The number of amides is 1. The van der Waals surface area contributed by atoms with E-state index in [1.807, 2.05) is 13.0 Å². The molecule has 1 N–H and O–H groups in total. The molecule has 16 heavy (non-hydrogen) atoms. The van der Waals surface area contributed by atoms with Crippen molar-refractivity contribution < 1.29 is 9.53 Å². The van der Waals surface area contributed by atoms with Crippen molar-refractivity contribution in [2.45, 2.75) is 32.2 Å². The highest BCUT2D eigenvalue weighted by molar-refractivity contribution is 5.67.